The second kappa shape index (κ2) is 8.35. The summed E-state index contributed by atoms with van der Waals surface area (Å²) in [4.78, 5) is 10.2. The lowest BCUT2D eigenvalue weighted by molar-refractivity contribution is 0.379. The molecule has 2 aromatic rings. The highest BCUT2D eigenvalue weighted by Crippen LogP contribution is 2.28. The Morgan fingerprint density at radius 3 is 2.67 bits per heavy atom. The van der Waals surface area contributed by atoms with Crippen LogP contribution in [0.25, 0.3) is 0 Å². The average molecular weight is 359 g/mol. The molecule has 6 heteroatoms. The number of pyridine rings is 1. The normalized spacial score (nSPS) is 14.5. The number of para-hydroxylation sites is 1. The van der Waals surface area contributed by atoms with Crippen LogP contribution in [0.15, 0.2) is 53.7 Å². The van der Waals surface area contributed by atoms with E-state index in [9.17, 15) is 0 Å². The molecule has 4 nitrogen and oxygen atoms in total. The van der Waals surface area contributed by atoms with Gasteiger partial charge in [0.1, 0.15) is 0 Å². The van der Waals surface area contributed by atoms with Crippen molar-refractivity contribution in [2.24, 2.45) is 0 Å². The van der Waals surface area contributed by atoms with Crippen LogP contribution in [0.5, 0.6) is 0 Å². The number of thioether (sulfide) groups is 1. The largest absolute Gasteiger partial charge is 0.367 e. The molecule has 0 amide bonds. The molecule has 24 heavy (non-hydrogen) atoms. The summed E-state index contributed by atoms with van der Waals surface area (Å²) >= 11 is 7.35. The first-order chi connectivity index (χ1) is 11.8. The zero-order chi connectivity index (χ0) is 16.8. The van der Waals surface area contributed by atoms with Crippen LogP contribution in [0.2, 0.25) is 0 Å². The van der Waals surface area contributed by atoms with Gasteiger partial charge in [-0.05, 0) is 42.2 Å². The smallest absolute Gasteiger partial charge is 0.169 e. The maximum Gasteiger partial charge on any atom is 0.169 e. The highest BCUT2D eigenvalue weighted by molar-refractivity contribution is 7.98. The predicted octanol–water partition coefficient (Wildman–Crippen LogP) is 3.00. The average Bonchev–Trinajstić information content (AvgIpc) is 2.67. The van der Waals surface area contributed by atoms with Crippen LogP contribution in [0.1, 0.15) is 5.56 Å². The molecule has 0 spiro atoms. The van der Waals surface area contributed by atoms with E-state index in [-0.39, 0.29) is 0 Å². The molecule has 1 aromatic carbocycles. The zero-order valence-corrected chi connectivity index (χ0v) is 15.4. The molecule has 1 aliphatic rings. The molecular formula is C18H22N4S2. The number of rotatable bonds is 4. The number of nitrogens with one attached hydrogen (secondary N) is 1. The molecule has 0 atom stereocenters. The van der Waals surface area contributed by atoms with Gasteiger partial charge in [-0.1, -0.05) is 18.2 Å². The third-order valence-corrected chi connectivity index (χ3v) is 5.35. The summed E-state index contributed by atoms with van der Waals surface area (Å²) in [6.45, 7) is 4.60. The van der Waals surface area contributed by atoms with E-state index in [2.05, 4.69) is 56.7 Å². The summed E-state index contributed by atoms with van der Waals surface area (Å²) < 4.78 is 0. The third-order valence-electron chi connectivity index (χ3n) is 4.16. The Kier molecular flexibility index (Phi) is 5.93. The first-order valence-electron chi connectivity index (χ1n) is 8.07. The Morgan fingerprint density at radius 2 is 1.96 bits per heavy atom. The minimum Gasteiger partial charge on any atom is -0.367 e. The van der Waals surface area contributed by atoms with E-state index in [1.165, 1.54) is 10.6 Å². The van der Waals surface area contributed by atoms with E-state index < -0.39 is 0 Å². The highest BCUT2D eigenvalue weighted by Gasteiger charge is 2.20. The Bertz CT molecular complexity index is 670. The molecule has 0 bridgehead atoms. The summed E-state index contributed by atoms with van der Waals surface area (Å²) in [7, 11) is 0. The molecule has 0 aliphatic carbocycles. The molecule has 0 saturated carbocycles. The van der Waals surface area contributed by atoms with Crippen molar-refractivity contribution < 1.29 is 0 Å². The maximum absolute atomic E-state index is 5.55. The van der Waals surface area contributed by atoms with E-state index in [0.29, 0.717) is 0 Å². The van der Waals surface area contributed by atoms with Crippen molar-refractivity contribution in [1.82, 2.24) is 15.2 Å². The van der Waals surface area contributed by atoms with Crippen molar-refractivity contribution in [3.8, 4) is 0 Å². The summed E-state index contributed by atoms with van der Waals surface area (Å²) in [5, 5.41) is 4.17. The fourth-order valence-corrected chi connectivity index (χ4v) is 3.71. The molecule has 1 fully saturated rings. The van der Waals surface area contributed by atoms with Crippen molar-refractivity contribution in [2.45, 2.75) is 11.4 Å². The van der Waals surface area contributed by atoms with Crippen molar-refractivity contribution in [1.29, 1.82) is 0 Å². The molecule has 126 valence electrons. The van der Waals surface area contributed by atoms with E-state index in [4.69, 9.17) is 12.2 Å². The van der Waals surface area contributed by atoms with Gasteiger partial charge in [0.2, 0.25) is 0 Å². The van der Waals surface area contributed by atoms with Gasteiger partial charge in [0.25, 0.3) is 0 Å². The molecule has 0 radical (unpaired) electrons. The number of anilines is 1. The lowest BCUT2D eigenvalue weighted by Gasteiger charge is -2.38. The lowest BCUT2D eigenvalue weighted by atomic mass is 10.2. The fourth-order valence-electron chi connectivity index (χ4n) is 2.83. The van der Waals surface area contributed by atoms with Gasteiger partial charge in [-0.15, -0.1) is 11.8 Å². The van der Waals surface area contributed by atoms with Crippen LogP contribution in [0.3, 0.4) is 0 Å². The first-order valence-corrected chi connectivity index (χ1v) is 9.71. The van der Waals surface area contributed by atoms with Crippen LogP contribution < -0.4 is 10.2 Å². The fraction of sp³-hybridized carbons (Fsp3) is 0.333. The number of thiocarbonyl (C=S) groups is 1. The summed E-state index contributed by atoms with van der Waals surface area (Å²) in [6, 6.07) is 12.6. The Morgan fingerprint density at radius 1 is 1.17 bits per heavy atom. The maximum atomic E-state index is 5.55. The third kappa shape index (κ3) is 4.19. The van der Waals surface area contributed by atoms with Crippen LogP contribution in [0.4, 0.5) is 5.69 Å². The molecule has 0 unspecified atom stereocenters. The van der Waals surface area contributed by atoms with Crippen molar-refractivity contribution >= 4 is 34.8 Å². The van der Waals surface area contributed by atoms with Gasteiger partial charge in [-0.25, -0.2) is 0 Å². The topological polar surface area (TPSA) is 31.4 Å². The first kappa shape index (κ1) is 17.0. The van der Waals surface area contributed by atoms with Gasteiger partial charge in [0.05, 0.1) is 5.69 Å². The zero-order valence-electron chi connectivity index (χ0n) is 13.8. The van der Waals surface area contributed by atoms with Gasteiger partial charge < -0.3 is 15.1 Å². The Hall–Kier alpha value is -1.79. The van der Waals surface area contributed by atoms with Gasteiger partial charge >= 0.3 is 0 Å². The lowest BCUT2D eigenvalue weighted by Crippen LogP contribution is -2.51. The number of aromatic nitrogens is 1. The quantitative estimate of drug-likeness (QED) is 0.668. The minimum atomic E-state index is 0.724. The minimum absolute atomic E-state index is 0.724. The van der Waals surface area contributed by atoms with Crippen LogP contribution in [0, 0.1) is 0 Å². The van der Waals surface area contributed by atoms with Gasteiger partial charge in [-0.2, -0.15) is 0 Å². The van der Waals surface area contributed by atoms with Crippen LogP contribution in [-0.2, 0) is 6.54 Å². The summed E-state index contributed by atoms with van der Waals surface area (Å²) in [5.41, 5.74) is 2.48. The molecule has 1 N–H and O–H groups in total. The van der Waals surface area contributed by atoms with Crippen LogP contribution in [-0.4, -0.2) is 47.4 Å². The van der Waals surface area contributed by atoms with E-state index in [1.807, 2.05) is 12.3 Å². The Balaban J connectivity index is 1.52. The number of nitrogens with zero attached hydrogens (tertiary/aromatic N) is 3. The van der Waals surface area contributed by atoms with Crippen molar-refractivity contribution in [2.75, 3.05) is 37.3 Å². The summed E-state index contributed by atoms with van der Waals surface area (Å²) in [6.07, 6.45) is 5.78. The number of hydrogen-bond donors (Lipinski definition) is 1. The van der Waals surface area contributed by atoms with E-state index in [1.54, 1.807) is 18.0 Å². The number of benzene rings is 1. The van der Waals surface area contributed by atoms with E-state index in [0.717, 1.165) is 43.4 Å². The number of hydrogen-bond acceptors (Lipinski definition) is 4. The predicted molar refractivity (Wildman–Crippen MR) is 106 cm³/mol. The molecule has 1 aromatic heterocycles. The second-order valence-electron chi connectivity index (χ2n) is 5.67. The van der Waals surface area contributed by atoms with Crippen LogP contribution >= 0.6 is 24.0 Å². The second-order valence-corrected chi connectivity index (χ2v) is 6.90. The van der Waals surface area contributed by atoms with Gasteiger partial charge in [-0.3, -0.25) is 4.98 Å². The number of piperazine rings is 1. The molecule has 3 rings (SSSR count). The van der Waals surface area contributed by atoms with Gasteiger partial charge in [0, 0.05) is 50.0 Å². The standard InChI is InChI=1S/C18H22N4S2/c1-24-17-7-3-2-6-16(17)21-9-11-22(12-10-21)18(23)20-14-15-5-4-8-19-13-15/h2-8,13H,9-12,14H2,1H3,(H,20,23). The molecule has 1 saturated heterocycles. The monoisotopic (exact) mass is 358 g/mol. The molecule has 2 heterocycles. The van der Waals surface area contributed by atoms with Gasteiger partial charge in [0.15, 0.2) is 5.11 Å². The highest BCUT2D eigenvalue weighted by atomic mass is 32.2. The summed E-state index contributed by atoms with van der Waals surface area (Å²) in [5.74, 6) is 0. The SMILES string of the molecule is CSc1ccccc1N1CCN(C(=S)NCc2cccnc2)CC1. The van der Waals surface area contributed by atoms with Crippen molar-refractivity contribution in [3.05, 3.63) is 54.4 Å². The van der Waals surface area contributed by atoms with Crippen molar-refractivity contribution in [3.63, 3.8) is 0 Å². The molecule has 1 aliphatic heterocycles. The van der Waals surface area contributed by atoms with E-state index >= 15 is 0 Å². The Labute approximate surface area is 153 Å². The molecular weight excluding hydrogens is 336 g/mol.